The first-order chi connectivity index (χ1) is 7.83. The molecule has 0 atom stereocenters. The summed E-state index contributed by atoms with van der Waals surface area (Å²) in [6, 6.07) is 5.32. The van der Waals surface area contributed by atoms with Crippen molar-refractivity contribution in [3.8, 4) is 0 Å². The van der Waals surface area contributed by atoms with E-state index in [2.05, 4.69) is 21.2 Å². The van der Waals surface area contributed by atoms with E-state index in [0.717, 1.165) is 10.0 Å². The molecule has 6 heteroatoms. The largest absolute Gasteiger partial charge is 0.405 e. The third kappa shape index (κ3) is 4.55. The first kappa shape index (κ1) is 14.3. The van der Waals surface area contributed by atoms with Gasteiger partial charge in [-0.05, 0) is 24.7 Å². The van der Waals surface area contributed by atoms with E-state index in [-0.39, 0.29) is 0 Å². The second-order valence-electron chi connectivity index (χ2n) is 3.77. The summed E-state index contributed by atoms with van der Waals surface area (Å²) in [4.78, 5) is 1.21. The lowest BCUT2D eigenvalue weighted by atomic mass is 10.1. The summed E-state index contributed by atoms with van der Waals surface area (Å²) in [5.41, 5.74) is 1.41. The lowest BCUT2D eigenvalue weighted by Crippen LogP contribution is -2.31. The summed E-state index contributed by atoms with van der Waals surface area (Å²) < 4.78 is 37.8. The highest BCUT2D eigenvalue weighted by atomic mass is 79.9. The van der Waals surface area contributed by atoms with E-state index in [1.807, 2.05) is 12.1 Å². The molecule has 0 heterocycles. The Labute approximate surface area is 107 Å². The van der Waals surface area contributed by atoms with Crippen LogP contribution in [0.2, 0.25) is 0 Å². The number of rotatable bonds is 4. The lowest BCUT2D eigenvalue weighted by molar-refractivity contribution is -0.119. The molecular formula is C11H14BrF3N2. The van der Waals surface area contributed by atoms with E-state index < -0.39 is 12.7 Å². The Morgan fingerprint density at radius 2 is 2.00 bits per heavy atom. The van der Waals surface area contributed by atoms with Crippen LogP contribution in [0, 0.1) is 0 Å². The monoisotopic (exact) mass is 310 g/mol. The Morgan fingerprint density at radius 1 is 1.35 bits per heavy atom. The van der Waals surface area contributed by atoms with Crippen molar-refractivity contribution in [3.05, 3.63) is 28.2 Å². The van der Waals surface area contributed by atoms with Crippen molar-refractivity contribution in [3.63, 3.8) is 0 Å². The number of anilines is 1. The third-order valence-corrected chi connectivity index (χ3v) is 2.74. The summed E-state index contributed by atoms with van der Waals surface area (Å²) in [6.07, 6.45) is -4.20. The fourth-order valence-electron chi connectivity index (χ4n) is 1.59. The fraction of sp³-hybridized carbons (Fsp3) is 0.455. The van der Waals surface area contributed by atoms with Crippen LogP contribution in [0.5, 0.6) is 0 Å². The van der Waals surface area contributed by atoms with Gasteiger partial charge in [0.1, 0.15) is 6.54 Å². The maximum Gasteiger partial charge on any atom is 0.405 e. The molecule has 1 rings (SSSR count). The second-order valence-corrected chi connectivity index (χ2v) is 4.69. The van der Waals surface area contributed by atoms with E-state index in [9.17, 15) is 13.2 Å². The van der Waals surface area contributed by atoms with E-state index in [1.165, 1.54) is 11.9 Å². The maximum atomic E-state index is 12.3. The maximum absolute atomic E-state index is 12.3. The molecule has 0 aliphatic rings. The Balaban J connectivity index is 2.97. The highest BCUT2D eigenvalue weighted by Crippen LogP contribution is 2.27. The molecular weight excluding hydrogens is 297 g/mol. The Morgan fingerprint density at radius 3 is 2.53 bits per heavy atom. The summed E-state index contributed by atoms with van der Waals surface area (Å²) in [6.45, 7) is -0.426. The van der Waals surface area contributed by atoms with Gasteiger partial charge < -0.3 is 10.2 Å². The number of hydrogen-bond donors (Lipinski definition) is 1. The van der Waals surface area contributed by atoms with Gasteiger partial charge in [-0.15, -0.1) is 0 Å². The summed E-state index contributed by atoms with van der Waals surface area (Å²) in [5, 5.41) is 2.94. The van der Waals surface area contributed by atoms with Crippen molar-refractivity contribution in [2.45, 2.75) is 12.7 Å². The highest BCUT2D eigenvalue weighted by molar-refractivity contribution is 9.10. The third-order valence-electron chi connectivity index (χ3n) is 2.24. The SMILES string of the molecule is CNCc1ccc(Br)cc1N(C)CC(F)(F)F. The number of halogens is 4. The highest BCUT2D eigenvalue weighted by Gasteiger charge is 2.30. The topological polar surface area (TPSA) is 15.3 Å². The molecule has 17 heavy (non-hydrogen) atoms. The van der Waals surface area contributed by atoms with E-state index in [0.29, 0.717) is 12.2 Å². The van der Waals surface area contributed by atoms with Crippen molar-refractivity contribution in [1.29, 1.82) is 0 Å². The molecule has 0 aliphatic heterocycles. The van der Waals surface area contributed by atoms with Gasteiger partial charge in [0, 0.05) is 23.8 Å². The van der Waals surface area contributed by atoms with Crippen LogP contribution in [0.3, 0.4) is 0 Å². The van der Waals surface area contributed by atoms with Crippen LogP contribution in [0.25, 0.3) is 0 Å². The molecule has 2 nitrogen and oxygen atoms in total. The number of nitrogens with zero attached hydrogens (tertiary/aromatic N) is 1. The Hall–Kier alpha value is -0.750. The van der Waals surface area contributed by atoms with Gasteiger partial charge in [0.15, 0.2) is 0 Å². The summed E-state index contributed by atoms with van der Waals surface area (Å²) in [7, 11) is 3.20. The van der Waals surface area contributed by atoms with Crippen molar-refractivity contribution in [2.75, 3.05) is 25.5 Å². The van der Waals surface area contributed by atoms with Crippen LogP contribution in [0.15, 0.2) is 22.7 Å². The van der Waals surface area contributed by atoms with Gasteiger partial charge in [-0.1, -0.05) is 22.0 Å². The molecule has 1 aromatic carbocycles. The van der Waals surface area contributed by atoms with E-state index in [1.54, 1.807) is 13.1 Å². The van der Waals surface area contributed by atoms with Gasteiger partial charge in [-0.3, -0.25) is 0 Å². The van der Waals surface area contributed by atoms with Crippen molar-refractivity contribution < 1.29 is 13.2 Å². The van der Waals surface area contributed by atoms with Gasteiger partial charge in [0.05, 0.1) is 0 Å². The molecule has 1 N–H and O–H groups in total. The standard InChI is InChI=1S/C11H14BrF3N2/c1-16-6-8-3-4-9(12)5-10(8)17(2)7-11(13,14)15/h3-5,16H,6-7H2,1-2H3. The van der Waals surface area contributed by atoms with Gasteiger partial charge in [0.25, 0.3) is 0 Å². The minimum absolute atomic E-state index is 0.533. The van der Waals surface area contributed by atoms with Crippen LogP contribution in [-0.4, -0.2) is 26.8 Å². The van der Waals surface area contributed by atoms with Gasteiger partial charge in [-0.25, -0.2) is 0 Å². The Kier molecular flexibility index (Phi) is 4.82. The molecule has 96 valence electrons. The molecule has 1 aromatic rings. The lowest BCUT2D eigenvalue weighted by Gasteiger charge is -2.24. The predicted molar refractivity (Wildman–Crippen MR) is 66.2 cm³/mol. The van der Waals surface area contributed by atoms with Crippen molar-refractivity contribution >= 4 is 21.6 Å². The number of benzene rings is 1. The zero-order valence-corrected chi connectivity index (χ0v) is 11.2. The molecule has 0 bridgehead atoms. The van der Waals surface area contributed by atoms with Crippen LogP contribution >= 0.6 is 15.9 Å². The first-order valence-corrected chi connectivity index (χ1v) is 5.83. The van der Waals surface area contributed by atoms with Gasteiger partial charge >= 0.3 is 6.18 Å². The van der Waals surface area contributed by atoms with Crippen LogP contribution in [0.1, 0.15) is 5.56 Å². The van der Waals surface area contributed by atoms with Crippen LogP contribution in [-0.2, 0) is 6.54 Å². The van der Waals surface area contributed by atoms with E-state index in [4.69, 9.17) is 0 Å². The first-order valence-electron chi connectivity index (χ1n) is 5.04. The predicted octanol–water partition coefficient (Wildman–Crippen LogP) is 3.17. The van der Waals surface area contributed by atoms with Crippen LogP contribution in [0.4, 0.5) is 18.9 Å². The molecule has 0 fully saturated rings. The van der Waals surface area contributed by atoms with Crippen molar-refractivity contribution in [2.24, 2.45) is 0 Å². The fourth-order valence-corrected chi connectivity index (χ4v) is 1.94. The summed E-state index contributed by atoms with van der Waals surface area (Å²) >= 11 is 3.27. The smallest absolute Gasteiger partial charge is 0.365 e. The van der Waals surface area contributed by atoms with Gasteiger partial charge in [0.2, 0.25) is 0 Å². The Bertz CT molecular complexity index is 379. The molecule has 0 aliphatic carbocycles. The molecule has 0 radical (unpaired) electrons. The normalized spacial score (nSPS) is 11.6. The molecule has 0 spiro atoms. The quantitative estimate of drug-likeness (QED) is 0.919. The number of nitrogens with one attached hydrogen (secondary N) is 1. The minimum atomic E-state index is -4.20. The van der Waals surface area contributed by atoms with Gasteiger partial charge in [-0.2, -0.15) is 13.2 Å². The molecule has 0 unspecified atom stereocenters. The second kappa shape index (κ2) is 5.73. The van der Waals surface area contributed by atoms with Crippen LogP contribution < -0.4 is 10.2 Å². The molecule has 0 saturated carbocycles. The molecule has 0 amide bonds. The molecule has 0 aromatic heterocycles. The zero-order chi connectivity index (χ0) is 13.1. The average molecular weight is 311 g/mol. The number of alkyl halides is 3. The minimum Gasteiger partial charge on any atom is -0.365 e. The molecule has 0 saturated heterocycles. The average Bonchev–Trinajstić information content (AvgIpc) is 2.18. The number of hydrogen-bond acceptors (Lipinski definition) is 2. The zero-order valence-electron chi connectivity index (χ0n) is 9.61. The van der Waals surface area contributed by atoms with E-state index >= 15 is 0 Å². The van der Waals surface area contributed by atoms with Crippen molar-refractivity contribution in [1.82, 2.24) is 5.32 Å². The summed E-state index contributed by atoms with van der Waals surface area (Å²) in [5.74, 6) is 0.